The molecule has 0 amide bonds. The van der Waals surface area contributed by atoms with Crippen LogP contribution in [0.2, 0.25) is 0 Å². The molecule has 0 saturated carbocycles. The van der Waals surface area contributed by atoms with Gasteiger partial charge in [0.15, 0.2) is 0 Å². The molecule has 56 heavy (non-hydrogen) atoms. The van der Waals surface area contributed by atoms with Gasteiger partial charge in [-0.15, -0.1) is 0 Å². The van der Waals surface area contributed by atoms with Gasteiger partial charge < -0.3 is 19.6 Å². The fraction of sp³-hybridized carbons (Fsp3) is 0.340. The molecule has 5 heterocycles. The molecule has 0 fully saturated rings. The minimum Gasteiger partial charge on any atom is -0.469 e. The van der Waals surface area contributed by atoms with Gasteiger partial charge in [-0.3, -0.25) is 9.78 Å². The van der Waals surface area contributed by atoms with Crippen molar-refractivity contribution in [1.29, 1.82) is 10.5 Å². The third kappa shape index (κ3) is 6.62. The van der Waals surface area contributed by atoms with Crippen molar-refractivity contribution in [2.45, 2.75) is 86.0 Å². The molecule has 284 valence electrons. The molecular weight excluding hydrogens is 695 g/mol. The van der Waals surface area contributed by atoms with Crippen LogP contribution in [0.1, 0.15) is 115 Å². The number of nitrogens with one attached hydrogen (secondary N) is 2. The van der Waals surface area contributed by atoms with Gasteiger partial charge in [0.1, 0.15) is 17.7 Å². The number of H-pyrrole nitrogens is 2. The number of carbonyl (C=O) groups excluding carboxylic acids is 1. The van der Waals surface area contributed by atoms with E-state index in [-0.39, 0.29) is 29.8 Å². The summed E-state index contributed by atoms with van der Waals surface area (Å²) in [6.45, 7) is 16.9. The van der Waals surface area contributed by atoms with Gasteiger partial charge in [0.05, 0.1) is 24.2 Å². The lowest BCUT2D eigenvalue weighted by Crippen LogP contribution is -2.21. The van der Waals surface area contributed by atoms with Crippen LogP contribution in [0.3, 0.4) is 0 Å². The number of allylic oxidation sites excluding steroid dienone is 4. The third-order valence-electron chi connectivity index (χ3n) is 12.1. The molecule has 2 N–H and O–H groups in total. The molecule has 3 aromatic heterocycles. The zero-order valence-corrected chi connectivity index (χ0v) is 33.6. The van der Waals surface area contributed by atoms with E-state index < -0.39 is 0 Å². The summed E-state index contributed by atoms with van der Waals surface area (Å²) in [6, 6.07) is 19.5. The van der Waals surface area contributed by atoms with Gasteiger partial charge in [0.2, 0.25) is 0 Å². The molecular formula is C47H49N7O2. The summed E-state index contributed by atoms with van der Waals surface area (Å²) < 4.78 is 5.06. The first-order valence-electron chi connectivity index (χ1n) is 19.7. The van der Waals surface area contributed by atoms with E-state index in [1.54, 1.807) is 0 Å². The summed E-state index contributed by atoms with van der Waals surface area (Å²) in [5.41, 5.74) is 17.6. The number of hydrogen-bond donors (Lipinski definition) is 2. The van der Waals surface area contributed by atoms with Crippen LogP contribution in [0.15, 0.2) is 53.6 Å². The van der Waals surface area contributed by atoms with Gasteiger partial charge in [-0.1, -0.05) is 38.1 Å². The van der Waals surface area contributed by atoms with E-state index in [9.17, 15) is 15.3 Å². The fourth-order valence-corrected chi connectivity index (χ4v) is 8.73. The van der Waals surface area contributed by atoms with Crippen molar-refractivity contribution in [2.24, 2.45) is 0 Å². The molecule has 2 atom stereocenters. The Hall–Kier alpha value is -6.19. The number of aromatic amines is 2. The zero-order valence-electron chi connectivity index (χ0n) is 33.6. The summed E-state index contributed by atoms with van der Waals surface area (Å²) in [5.74, 6) is -0.400. The molecule has 0 unspecified atom stereocenters. The predicted octanol–water partition coefficient (Wildman–Crippen LogP) is 10.2. The highest BCUT2D eigenvalue weighted by molar-refractivity contribution is 6.04. The van der Waals surface area contributed by atoms with Gasteiger partial charge in [0, 0.05) is 87.9 Å². The molecule has 1 aliphatic carbocycles. The Labute approximate surface area is 329 Å². The van der Waals surface area contributed by atoms with Crippen molar-refractivity contribution in [1.82, 2.24) is 19.9 Å². The number of aromatic nitrogens is 4. The normalized spacial score (nSPS) is 16.0. The van der Waals surface area contributed by atoms with Crippen molar-refractivity contribution in [3.05, 3.63) is 110 Å². The number of anilines is 1. The van der Waals surface area contributed by atoms with E-state index in [1.807, 2.05) is 6.92 Å². The first-order valence-corrected chi connectivity index (χ1v) is 19.7. The lowest BCUT2D eigenvalue weighted by molar-refractivity contribution is -0.140. The van der Waals surface area contributed by atoms with Gasteiger partial charge >= 0.3 is 5.97 Å². The maximum atomic E-state index is 12.5. The number of benzene rings is 1. The largest absolute Gasteiger partial charge is 0.469 e. The lowest BCUT2D eigenvalue weighted by atomic mass is 9.85. The number of methoxy groups -OCH3 is 1. The number of hydrogen-bond acceptors (Lipinski definition) is 7. The van der Waals surface area contributed by atoms with Crippen LogP contribution in [-0.2, 0) is 22.4 Å². The summed E-state index contributed by atoms with van der Waals surface area (Å²) in [5, 5.41) is 20.2. The van der Waals surface area contributed by atoms with Crippen molar-refractivity contribution in [3.8, 4) is 12.1 Å². The molecule has 8 bridgehead atoms. The van der Waals surface area contributed by atoms with Gasteiger partial charge in [-0.25, -0.2) is 4.98 Å². The number of nitriles is 2. The number of rotatable bonds is 9. The van der Waals surface area contributed by atoms with E-state index in [0.717, 1.165) is 97.8 Å². The second-order valence-corrected chi connectivity index (χ2v) is 14.9. The Kier molecular flexibility index (Phi) is 10.6. The van der Waals surface area contributed by atoms with Crippen LogP contribution in [0, 0.1) is 36.5 Å². The standard InChI is InChI=1S/C47H49N7O2/c1-9-33-26(4)39-22-43-34(17-14-30-12-15-32(16-13-30)54(10-2)11-3)27(5)38(51-43)21-40-28(6)35(18-19-44(55)56-8)46(52-40)37-20-36(31(24-48)25-49)45-29(7)41(53-47(37)45)23-42(33)50-39/h12-17,21-23,28,35,50-51H,9-11,18-20H2,1-8H3/b17-14+,38-21?,39-22?,40-21?,41-23?,42-23?,43-22?,46-37?/t28-,35-/m0/s1. The Bertz CT molecular complexity index is 2580. The molecule has 0 radical (unpaired) electrons. The van der Waals surface area contributed by atoms with Gasteiger partial charge in [-0.05, 0) is 111 Å². The van der Waals surface area contributed by atoms with Crippen LogP contribution in [-0.4, -0.2) is 46.1 Å². The lowest BCUT2D eigenvalue weighted by Gasteiger charge is -2.20. The first kappa shape index (κ1) is 38.1. The number of nitrogens with zero attached hydrogens (tertiary/aromatic N) is 5. The summed E-state index contributed by atoms with van der Waals surface area (Å²) in [7, 11) is 1.41. The van der Waals surface area contributed by atoms with E-state index >= 15 is 0 Å². The van der Waals surface area contributed by atoms with E-state index in [2.05, 4.69) is 123 Å². The van der Waals surface area contributed by atoms with E-state index in [4.69, 9.17) is 14.7 Å². The van der Waals surface area contributed by atoms with Crippen LogP contribution in [0.25, 0.3) is 45.4 Å². The zero-order chi connectivity index (χ0) is 39.8. The Morgan fingerprint density at radius 2 is 1.62 bits per heavy atom. The molecule has 1 aromatic carbocycles. The minimum absolute atomic E-state index is 0.0267. The number of carbonyl (C=O) groups is 1. The maximum absolute atomic E-state index is 12.5. The molecule has 9 heteroatoms. The van der Waals surface area contributed by atoms with Crippen molar-refractivity contribution < 1.29 is 9.53 Å². The number of fused-ring (bicyclic) bond motifs is 8. The van der Waals surface area contributed by atoms with Crippen LogP contribution < -0.4 is 4.90 Å². The Morgan fingerprint density at radius 3 is 2.29 bits per heavy atom. The van der Waals surface area contributed by atoms with Crippen molar-refractivity contribution in [2.75, 3.05) is 25.1 Å². The fourth-order valence-electron chi connectivity index (χ4n) is 8.73. The SMILES string of the molecule is CCc1c(C)c2cc3[nH]c(cc4nc(c5c6nc(cc1[nH]2)C(C)=C6C(=C(C#N)C#N)C5)[C@@H](CCC(=O)OC)[C@@H]4C)c(C)c3/C=C/c1ccc(N(CC)CC)cc1. The van der Waals surface area contributed by atoms with E-state index in [0.29, 0.717) is 18.4 Å². The van der Waals surface area contributed by atoms with Gasteiger partial charge in [-0.2, -0.15) is 10.5 Å². The molecule has 9 nitrogen and oxygen atoms in total. The maximum Gasteiger partial charge on any atom is 0.305 e. The molecule has 2 aliphatic heterocycles. The molecule has 4 aromatic rings. The quantitative estimate of drug-likeness (QED) is 0.129. The van der Waals surface area contributed by atoms with Crippen LogP contribution in [0.4, 0.5) is 5.69 Å². The highest BCUT2D eigenvalue weighted by Crippen LogP contribution is 2.50. The van der Waals surface area contributed by atoms with Gasteiger partial charge in [0.25, 0.3) is 0 Å². The number of aryl methyl sites for hydroxylation is 3. The average molecular weight is 744 g/mol. The third-order valence-corrected chi connectivity index (χ3v) is 12.1. The molecule has 7 rings (SSSR count). The summed E-state index contributed by atoms with van der Waals surface area (Å²) >= 11 is 0. The summed E-state index contributed by atoms with van der Waals surface area (Å²) in [6.07, 6.45) is 6.35. The number of esters is 1. The Morgan fingerprint density at radius 1 is 0.929 bits per heavy atom. The molecule has 0 saturated heterocycles. The highest BCUT2D eigenvalue weighted by atomic mass is 16.5. The molecule has 3 aliphatic rings. The highest BCUT2D eigenvalue weighted by Gasteiger charge is 2.38. The van der Waals surface area contributed by atoms with Crippen molar-refractivity contribution in [3.63, 3.8) is 0 Å². The second kappa shape index (κ2) is 15.5. The smallest absolute Gasteiger partial charge is 0.305 e. The average Bonchev–Trinajstić information content (AvgIpc) is 3.97. The predicted molar refractivity (Wildman–Crippen MR) is 226 cm³/mol. The van der Waals surface area contributed by atoms with Crippen LogP contribution >= 0.6 is 0 Å². The monoisotopic (exact) mass is 743 g/mol. The second-order valence-electron chi connectivity index (χ2n) is 14.9. The minimum atomic E-state index is -0.271. The Balaban J connectivity index is 1.53. The van der Waals surface area contributed by atoms with Crippen molar-refractivity contribution >= 4 is 57.0 Å². The topological polar surface area (TPSA) is 134 Å². The molecule has 0 spiro atoms. The van der Waals surface area contributed by atoms with E-state index in [1.165, 1.54) is 23.9 Å². The first-order chi connectivity index (χ1) is 27.0. The number of ether oxygens (including phenoxy) is 1. The summed E-state index contributed by atoms with van der Waals surface area (Å²) in [4.78, 5) is 32.9. The van der Waals surface area contributed by atoms with Crippen LogP contribution in [0.5, 0.6) is 0 Å².